The highest BCUT2D eigenvalue weighted by atomic mass is 16.5. The largest absolute Gasteiger partial charge is 0.497 e. The molecule has 1 aliphatic carbocycles. The maximum Gasteiger partial charge on any atom is 0.253 e. The van der Waals surface area contributed by atoms with Crippen LogP contribution in [-0.4, -0.2) is 66.2 Å². The van der Waals surface area contributed by atoms with Gasteiger partial charge in [0.05, 0.1) is 13.2 Å². The number of aliphatic hydroxyl groups excluding tert-OH is 1. The Hall–Kier alpha value is -1.59. The molecule has 1 aromatic rings. The molecule has 1 aliphatic heterocycles. The molecule has 22 heavy (non-hydrogen) atoms. The number of ether oxygens (including phenoxy) is 1. The van der Waals surface area contributed by atoms with E-state index in [0.29, 0.717) is 11.6 Å². The van der Waals surface area contributed by atoms with Crippen molar-refractivity contribution in [1.29, 1.82) is 0 Å². The average molecular weight is 304 g/mol. The van der Waals surface area contributed by atoms with E-state index in [9.17, 15) is 9.90 Å². The van der Waals surface area contributed by atoms with Crippen molar-refractivity contribution in [3.63, 3.8) is 0 Å². The SMILES string of the molecule is COc1ccc(C(=O)N2CCN([C@@H]3CCC[C@@H]3O)CC2)cc1. The zero-order valence-corrected chi connectivity index (χ0v) is 13.1. The van der Waals surface area contributed by atoms with E-state index in [0.717, 1.165) is 51.2 Å². The zero-order chi connectivity index (χ0) is 15.5. The number of benzene rings is 1. The molecule has 0 spiro atoms. The smallest absolute Gasteiger partial charge is 0.253 e. The Bertz CT molecular complexity index is 509. The first-order chi connectivity index (χ1) is 10.7. The summed E-state index contributed by atoms with van der Waals surface area (Å²) >= 11 is 0. The Balaban J connectivity index is 1.57. The third-order valence-corrected chi connectivity index (χ3v) is 4.85. The third kappa shape index (κ3) is 3.10. The first-order valence-corrected chi connectivity index (χ1v) is 8.04. The van der Waals surface area contributed by atoms with Crippen LogP contribution in [0.15, 0.2) is 24.3 Å². The minimum atomic E-state index is -0.191. The van der Waals surface area contributed by atoms with E-state index in [-0.39, 0.29) is 12.0 Å². The zero-order valence-electron chi connectivity index (χ0n) is 13.1. The Morgan fingerprint density at radius 1 is 1.14 bits per heavy atom. The van der Waals surface area contributed by atoms with Crippen LogP contribution in [0.1, 0.15) is 29.6 Å². The van der Waals surface area contributed by atoms with Crippen molar-refractivity contribution < 1.29 is 14.6 Å². The molecule has 1 N–H and O–H groups in total. The number of hydrogen-bond acceptors (Lipinski definition) is 4. The van der Waals surface area contributed by atoms with E-state index in [1.807, 2.05) is 29.2 Å². The molecule has 1 aromatic carbocycles. The quantitative estimate of drug-likeness (QED) is 0.916. The summed E-state index contributed by atoms with van der Waals surface area (Å²) in [4.78, 5) is 16.8. The van der Waals surface area contributed by atoms with E-state index in [4.69, 9.17) is 4.74 Å². The molecule has 1 saturated heterocycles. The second-order valence-electron chi connectivity index (χ2n) is 6.12. The van der Waals surface area contributed by atoms with Crippen molar-refractivity contribution in [2.45, 2.75) is 31.4 Å². The van der Waals surface area contributed by atoms with E-state index in [1.54, 1.807) is 7.11 Å². The molecule has 1 heterocycles. The number of carbonyl (C=O) groups is 1. The molecular weight excluding hydrogens is 280 g/mol. The molecule has 0 aromatic heterocycles. The van der Waals surface area contributed by atoms with Gasteiger partial charge in [0.1, 0.15) is 5.75 Å². The highest BCUT2D eigenvalue weighted by Crippen LogP contribution is 2.25. The van der Waals surface area contributed by atoms with Crippen molar-refractivity contribution >= 4 is 5.91 Å². The average Bonchev–Trinajstić information content (AvgIpc) is 3.00. The highest BCUT2D eigenvalue weighted by molar-refractivity contribution is 5.94. The van der Waals surface area contributed by atoms with Crippen LogP contribution in [0.5, 0.6) is 5.75 Å². The fourth-order valence-corrected chi connectivity index (χ4v) is 3.52. The van der Waals surface area contributed by atoms with Crippen molar-refractivity contribution in [1.82, 2.24) is 9.80 Å². The fraction of sp³-hybridized carbons (Fsp3) is 0.588. The molecule has 1 amide bonds. The van der Waals surface area contributed by atoms with Crippen LogP contribution >= 0.6 is 0 Å². The summed E-state index contributed by atoms with van der Waals surface area (Å²) in [7, 11) is 1.62. The van der Waals surface area contributed by atoms with E-state index in [1.165, 1.54) is 0 Å². The normalized spacial score (nSPS) is 26.2. The lowest BCUT2D eigenvalue weighted by molar-refractivity contribution is 0.0315. The van der Waals surface area contributed by atoms with Gasteiger partial charge in [-0.25, -0.2) is 0 Å². The number of carbonyl (C=O) groups excluding carboxylic acids is 1. The standard InChI is InChI=1S/C17H24N2O3/c1-22-14-7-5-13(6-8-14)17(21)19-11-9-18(10-12-19)15-3-2-4-16(15)20/h5-8,15-16,20H,2-4,9-12H2,1H3/t15-,16+/m1/s1. The number of amides is 1. The summed E-state index contributed by atoms with van der Waals surface area (Å²) in [6, 6.07) is 7.55. The number of rotatable bonds is 3. The molecule has 0 bridgehead atoms. The predicted molar refractivity (Wildman–Crippen MR) is 84.1 cm³/mol. The number of aliphatic hydroxyl groups is 1. The van der Waals surface area contributed by atoms with Crippen molar-refractivity contribution in [3.05, 3.63) is 29.8 Å². The summed E-state index contributed by atoms with van der Waals surface area (Å²) < 4.78 is 5.12. The van der Waals surface area contributed by atoms with Gasteiger partial charge in [0.2, 0.25) is 0 Å². The van der Waals surface area contributed by atoms with Gasteiger partial charge in [0.25, 0.3) is 5.91 Å². The molecule has 2 aliphatic rings. The van der Waals surface area contributed by atoms with Gasteiger partial charge in [-0.15, -0.1) is 0 Å². The Morgan fingerprint density at radius 2 is 1.82 bits per heavy atom. The topological polar surface area (TPSA) is 53.0 Å². The Kier molecular flexibility index (Phi) is 4.64. The molecule has 1 saturated carbocycles. The maximum absolute atomic E-state index is 12.5. The van der Waals surface area contributed by atoms with Crippen LogP contribution in [0.4, 0.5) is 0 Å². The summed E-state index contributed by atoms with van der Waals surface area (Å²) in [6.07, 6.45) is 2.91. The van der Waals surface area contributed by atoms with Gasteiger partial charge in [-0.2, -0.15) is 0 Å². The second-order valence-corrected chi connectivity index (χ2v) is 6.12. The van der Waals surface area contributed by atoms with Crippen molar-refractivity contribution in [2.24, 2.45) is 0 Å². The molecular formula is C17H24N2O3. The predicted octanol–water partition coefficient (Wildman–Crippen LogP) is 1.37. The molecule has 5 heteroatoms. The van der Waals surface area contributed by atoms with E-state index in [2.05, 4.69) is 4.90 Å². The van der Waals surface area contributed by atoms with Gasteiger partial charge >= 0.3 is 0 Å². The number of nitrogens with zero attached hydrogens (tertiary/aromatic N) is 2. The van der Waals surface area contributed by atoms with Crippen molar-refractivity contribution in [2.75, 3.05) is 33.3 Å². The minimum absolute atomic E-state index is 0.0780. The fourth-order valence-electron chi connectivity index (χ4n) is 3.52. The van der Waals surface area contributed by atoms with Gasteiger partial charge in [0.15, 0.2) is 0 Å². The number of piperazine rings is 1. The van der Waals surface area contributed by atoms with Crippen molar-refractivity contribution in [3.8, 4) is 5.75 Å². The molecule has 3 rings (SSSR count). The van der Waals surface area contributed by atoms with Crippen LogP contribution < -0.4 is 4.74 Å². The summed E-state index contributed by atoms with van der Waals surface area (Å²) in [6.45, 7) is 3.16. The molecule has 2 atom stereocenters. The van der Waals surface area contributed by atoms with E-state index >= 15 is 0 Å². The lowest BCUT2D eigenvalue weighted by Gasteiger charge is -2.39. The van der Waals surface area contributed by atoms with Crippen LogP contribution in [0.3, 0.4) is 0 Å². The molecule has 2 fully saturated rings. The molecule has 120 valence electrons. The number of methoxy groups -OCH3 is 1. The third-order valence-electron chi connectivity index (χ3n) is 4.85. The van der Waals surface area contributed by atoms with Gasteiger partial charge in [-0.3, -0.25) is 9.69 Å². The molecule has 0 radical (unpaired) electrons. The van der Waals surface area contributed by atoms with E-state index < -0.39 is 0 Å². The van der Waals surface area contributed by atoms with Crippen LogP contribution in [0.2, 0.25) is 0 Å². The molecule has 0 unspecified atom stereocenters. The monoisotopic (exact) mass is 304 g/mol. The lowest BCUT2D eigenvalue weighted by atomic mass is 10.1. The lowest BCUT2D eigenvalue weighted by Crippen LogP contribution is -2.53. The first-order valence-electron chi connectivity index (χ1n) is 8.04. The van der Waals surface area contributed by atoms with Crippen LogP contribution in [0.25, 0.3) is 0 Å². The summed E-state index contributed by atoms with van der Waals surface area (Å²) in [5.41, 5.74) is 0.704. The van der Waals surface area contributed by atoms with Crippen LogP contribution in [0, 0.1) is 0 Å². The van der Waals surface area contributed by atoms with Gasteiger partial charge in [-0.1, -0.05) is 0 Å². The van der Waals surface area contributed by atoms with Gasteiger partial charge in [-0.05, 0) is 43.5 Å². The van der Waals surface area contributed by atoms with Gasteiger partial charge in [0, 0.05) is 37.8 Å². The van der Waals surface area contributed by atoms with Crippen LogP contribution in [-0.2, 0) is 0 Å². The number of hydrogen-bond donors (Lipinski definition) is 1. The first kappa shape index (κ1) is 15.3. The Labute approximate surface area is 131 Å². The molecule has 5 nitrogen and oxygen atoms in total. The minimum Gasteiger partial charge on any atom is -0.497 e. The summed E-state index contributed by atoms with van der Waals surface area (Å²) in [5, 5.41) is 10.0. The van der Waals surface area contributed by atoms with Gasteiger partial charge < -0.3 is 14.7 Å². The second kappa shape index (κ2) is 6.67. The highest BCUT2D eigenvalue weighted by Gasteiger charge is 2.33. The maximum atomic E-state index is 12.5. The Morgan fingerprint density at radius 3 is 2.36 bits per heavy atom. The summed E-state index contributed by atoms with van der Waals surface area (Å²) in [5.74, 6) is 0.839.